The molecule has 1 fully saturated rings. The van der Waals surface area contributed by atoms with Crippen molar-refractivity contribution in [3.8, 4) is 0 Å². The molecule has 0 bridgehead atoms. The van der Waals surface area contributed by atoms with Crippen LogP contribution in [-0.4, -0.2) is 42.2 Å². The molecule has 2 N–H and O–H groups in total. The van der Waals surface area contributed by atoms with E-state index in [-0.39, 0.29) is 0 Å². The van der Waals surface area contributed by atoms with Gasteiger partial charge >= 0.3 is 5.97 Å². The van der Waals surface area contributed by atoms with Crippen LogP contribution in [0.25, 0.3) is 0 Å². The van der Waals surface area contributed by atoms with Crippen molar-refractivity contribution in [1.29, 1.82) is 0 Å². The van der Waals surface area contributed by atoms with Crippen molar-refractivity contribution < 1.29 is 14.3 Å². The number of nitrogens with one attached hydrogen (secondary N) is 1. The Labute approximate surface area is 119 Å². The number of rotatable bonds is 3. The van der Waals surface area contributed by atoms with Gasteiger partial charge in [-0.3, -0.25) is 9.69 Å². The van der Waals surface area contributed by atoms with Crippen molar-refractivity contribution in [3.05, 3.63) is 34.1 Å². The van der Waals surface area contributed by atoms with Crippen LogP contribution in [0.2, 0.25) is 0 Å². The highest BCUT2D eigenvalue weighted by Gasteiger charge is 2.28. The lowest BCUT2D eigenvalue weighted by atomic mass is 10.0. The zero-order valence-electron chi connectivity index (χ0n) is 10.4. The summed E-state index contributed by atoms with van der Waals surface area (Å²) in [4.78, 5) is 13.4. The van der Waals surface area contributed by atoms with Gasteiger partial charge in [-0.1, -0.05) is 6.07 Å². The van der Waals surface area contributed by atoms with Gasteiger partial charge in [0.1, 0.15) is 11.9 Å². The van der Waals surface area contributed by atoms with E-state index in [1.165, 1.54) is 6.07 Å². The molecule has 1 aromatic carbocycles. The second-order valence-electron chi connectivity index (χ2n) is 4.55. The van der Waals surface area contributed by atoms with Crippen molar-refractivity contribution in [2.24, 2.45) is 0 Å². The Morgan fingerprint density at radius 2 is 2.21 bits per heavy atom. The fourth-order valence-corrected chi connectivity index (χ4v) is 2.56. The standard InChI is InChI=1S/C13H16BrFN2O2/c14-10-3-2-9(8-11(10)15)12(13(18)19)17-6-1-4-16-5-7-17/h2-3,8,12,16H,1,4-7H2,(H,18,19). The maximum atomic E-state index is 13.6. The van der Waals surface area contributed by atoms with Gasteiger partial charge in [-0.25, -0.2) is 4.39 Å². The van der Waals surface area contributed by atoms with Gasteiger partial charge in [-0.05, 0) is 46.6 Å². The summed E-state index contributed by atoms with van der Waals surface area (Å²) < 4.78 is 13.9. The number of carboxylic acids is 1. The minimum atomic E-state index is -0.941. The lowest BCUT2D eigenvalue weighted by Gasteiger charge is -2.27. The molecule has 1 aliphatic rings. The smallest absolute Gasteiger partial charge is 0.325 e. The van der Waals surface area contributed by atoms with E-state index in [0.717, 1.165) is 19.5 Å². The van der Waals surface area contributed by atoms with Crippen LogP contribution in [0.4, 0.5) is 4.39 Å². The van der Waals surface area contributed by atoms with Gasteiger partial charge in [0.15, 0.2) is 0 Å². The minimum absolute atomic E-state index is 0.345. The van der Waals surface area contributed by atoms with Crippen LogP contribution < -0.4 is 5.32 Å². The van der Waals surface area contributed by atoms with Gasteiger partial charge in [0.2, 0.25) is 0 Å². The second kappa shape index (κ2) is 6.45. The van der Waals surface area contributed by atoms with Crippen molar-refractivity contribution >= 4 is 21.9 Å². The predicted molar refractivity (Wildman–Crippen MR) is 73.5 cm³/mol. The Kier molecular flexibility index (Phi) is 4.90. The van der Waals surface area contributed by atoms with E-state index in [1.807, 2.05) is 4.90 Å². The molecule has 0 aromatic heterocycles. The Hall–Kier alpha value is -0.980. The molecule has 1 atom stereocenters. The number of hydrogen-bond donors (Lipinski definition) is 2. The topological polar surface area (TPSA) is 52.6 Å². The third-order valence-corrected chi connectivity index (χ3v) is 3.88. The monoisotopic (exact) mass is 330 g/mol. The second-order valence-corrected chi connectivity index (χ2v) is 5.41. The summed E-state index contributed by atoms with van der Waals surface area (Å²) in [5.74, 6) is -1.37. The summed E-state index contributed by atoms with van der Waals surface area (Å²) >= 11 is 3.08. The van der Waals surface area contributed by atoms with E-state index < -0.39 is 17.8 Å². The molecule has 19 heavy (non-hydrogen) atoms. The zero-order valence-corrected chi connectivity index (χ0v) is 12.0. The molecule has 1 saturated heterocycles. The van der Waals surface area contributed by atoms with Crippen LogP contribution >= 0.6 is 15.9 Å². The fourth-order valence-electron chi connectivity index (χ4n) is 2.32. The summed E-state index contributed by atoms with van der Waals surface area (Å²) in [6.07, 6.45) is 0.892. The van der Waals surface area contributed by atoms with Crippen molar-refractivity contribution in [2.75, 3.05) is 26.2 Å². The van der Waals surface area contributed by atoms with E-state index in [4.69, 9.17) is 0 Å². The van der Waals surface area contributed by atoms with Gasteiger partial charge < -0.3 is 10.4 Å². The van der Waals surface area contributed by atoms with Crippen molar-refractivity contribution in [1.82, 2.24) is 10.2 Å². The molecule has 1 heterocycles. The lowest BCUT2D eigenvalue weighted by molar-refractivity contribution is -0.143. The fraction of sp³-hybridized carbons (Fsp3) is 0.462. The number of carbonyl (C=O) groups is 1. The normalized spacial score (nSPS) is 18.8. The van der Waals surface area contributed by atoms with E-state index in [2.05, 4.69) is 21.2 Å². The minimum Gasteiger partial charge on any atom is -0.480 e. The molecule has 2 rings (SSSR count). The summed E-state index contributed by atoms with van der Waals surface area (Å²) in [7, 11) is 0. The molecule has 1 aromatic rings. The molecule has 0 saturated carbocycles. The van der Waals surface area contributed by atoms with Crippen LogP contribution in [0.3, 0.4) is 0 Å². The molecule has 0 spiro atoms. The van der Waals surface area contributed by atoms with Crippen LogP contribution in [0.1, 0.15) is 18.0 Å². The third kappa shape index (κ3) is 3.52. The Balaban J connectivity index is 2.27. The highest BCUT2D eigenvalue weighted by Crippen LogP contribution is 2.25. The highest BCUT2D eigenvalue weighted by atomic mass is 79.9. The van der Waals surface area contributed by atoms with Gasteiger partial charge in [0.05, 0.1) is 4.47 Å². The first kappa shape index (κ1) is 14.4. The molecule has 0 aliphatic carbocycles. The number of carboxylic acid groups (broad SMARTS) is 1. The van der Waals surface area contributed by atoms with Crippen molar-refractivity contribution in [2.45, 2.75) is 12.5 Å². The maximum absolute atomic E-state index is 13.6. The largest absolute Gasteiger partial charge is 0.480 e. The number of aliphatic carboxylic acids is 1. The van der Waals surface area contributed by atoms with E-state index in [9.17, 15) is 14.3 Å². The lowest BCUT2D eigenvalue weighted by Crippen LogP contribution is -2.36. The SMILES string of the molecule is O=C(O)C(c1ccc(Br)c(F)c1)N1CCCNCC1. The van der Waals surface area contributed by atoms with E-state index in [1.54, 1.807) is 12.1 Å². The van der Waals surface area contributed by atoms with Gasteiger partial charge in [-0.2, -0.15) is 0 Å². The third-order valence-electron chi connectivity index (χ3n) is 3.23. The van der Waals surface area contributed by atoms with Crippen molar-refractivity contribution in [3.63, 3.8) is 0 Å². The van der Waals surface area contributed by atoms with Crippen LogP contribution in [0.15, 0.2) is 22.7 Å². The average molecular weight is 331 g/mol. The molecule has 6 heteroatoms. The molecule has 104 valence electrons. The van der Waals surface area contributed by atoms with Gasteiger partial charge in [0, 0.05) is 19.6 Å². The first-order chi connectivity index (χ1) is 9.09. The Morgan fingerprint density at radius 3 is 2.89 bits per heavy atom. The molecule has 0 amide bonds. The molecule has 1 unspecified atom stereocenters. The average Bonchev–Trinajstić information content (AvgIpc) is 2.62. The van der Waals surface area contributed by atoms with Crippen LogP contribution in [-0.2, 0) is 4.79 Å². The number of halogens is 2. The predicted octanol–water partition coefficient (Wildman–Crippen LogP) is 2.01. The summed E-state index contributed by atoms with van der Waals surface area (Å²) in [6, 6.07) is 3.71. The molecule has 0 radical (unpaired) electrons. The first-order valence-corrected chi connectivity index (χ1v) is 7.01. The van der Waals surface area contributed by atoms with E-state index >= 15 is 0 Å². The number of hydrogen-bond acceptors (Lipinski definition) is 3. The van der Waals surface area contributed by atoms with Gasteiger partial charge in [-0.15, -0.1) is 0 Å². The van der Waals surface area contributed by atoms with Crippen LogP contribution in [0.5, 0.6) is 0 Å². The first-order valence-electron chi connectivity index (χ1n) is 6.22. The molecule has 4 nitrogen and oxygen atoms in total. The summed E-state index contributed by atoms with van der Waals surface area (Å²) in [6.45, 7) is 2.98. The highest BCUT2D eigenvalue weighted by molar-refractivity contribution is 9.10. The number of nitrogens with zero attached hydrogens (tertiary/aromatic N) is 1. The van der Waals surface area contributed by atoms with Crippen LogP contribution in [0, 0.1) is 5.82 Å². The summed E-state index contributed by atoms with van der Waals surface area (Å²) in [5.41, 5.74) is 0.482. The number of benzene rings is 1. The zero-order chi connectivity index (χ0) is 13.8. The van der Waals surface area contributed by atoms with Gasteiger partial charge in [0.25, 0.3) is 0 Å². The molecular weight excluding hydrogens is 315 g/mol. The maximum Gasteiger partial charge on any atom is 0.325 e. The Bertz CT molecular complexity index is 462. The van der Waals surface area contributed by atoms with E-state index in [0.29, 0.717) is 23.1 Å². The molecular formula is C13H16BrFN2O2. The molecule has 1 aliphatic heterocycles. The quantitative estimate of drug-likeness (QED) is 0.890. The summed E-state index contributed by atoms with van der Waals surface area (Å²) in [5, 5.41) is 12.7. The Morgan fingerprint density at radius 1 is 1.42 bits per heavy atom.